The smallest absolute Gasteiger partial charge is 0.239 e. The van der Waals surface area contributed by atoms with Crippen LogP contribution in [0.1, 0.15) is 18.9 Å². The van der Waals surface area contributed by atoms with Crippen LogP contribution in [-0.4, -0.2) is 38.2 Å². The number of amides is 2. The molecule has 1 aliphatic rings. The lowest BCUT2D eigenvalue weighted by atomic mass is 10.1. The second-order valence-electron chi connectivity index (χ2n) is 6.75. The summed E-state index contributed by atoms with van der Waals surface area (Å²) in [6, 6.07) is 14.5. The third-order valence-corrected chi connectivity index (χ3v) is 4.95. The van der Waals surface area contributed by atoms with Gasteiger partial charge in [0.15, 0.2) is 0 Å². The summed E-state index contributed by atoms with van der Waals surface area (Å²) < 4.78 is 10.8. The van der Waals surface area contributed by atoms with E-state index in [2.05, 4.69) is 5.32 Å². The lowest BCUT2D eigenvalue weighted by Gasteiger charge is -2.17. The van der Waals surface area contributed by atoms with Gasteiger partial charge in [0, 0.05) is 29.5 Å². The van der Waals surface area contributed by atoms with Crippen LogP contribution in [-0.2, 0) is 25.7 Å². The first-order valence-electron chi connectivity index (χ1n) is 9.70. The van der Waals surface area contributed by atoms with Crippen LogP contribution in [0.4, 0.5) is 11.4 Å². The molecule has 0 radical (unpaired) electrons. The molecule has 0 aromatic heterocycles. The molecule has 0 saturated carbocycles. The molecule has 0 spiro atoms. The third-order valence-electron chi connectivity index (χ3n) is 4.70. The van der Waals surface area contributed by atoms with E-state index in [-0.39, 0.29) is 11.8 Å². The van der Waals surface area contributed by atoms with Crippen molar-refractivity contribution in [2.24, 2.45) is 5.92 Å². The maximum Gasteiger partial charge on any atom is 0.239 e. The van der Waals surface area contributed by atoms with Crippen molar-refractivity contribution >= 4 is 34.8 Å². The number of hydrogen-bond acceptors (Lipinski definition) is 4. The Balaban J connectivity index is 1.55. The van der Waals surface area contributed by atoms with E-state index < -0.39 is 5.92 Å². The van der Waals surface area contributed by atoms with Gasteiger partial charge in [-0.25, -0.2) is 0 Å². The first kappa shape index (κ1) is 21.3. The Morgan fingerprint density at radius 2 is 1.93 bits per heavy atom. The van der Waals surface area contributed by atoms with Gasteiger partial charge in [0.25, 0.3) is 0 Å². The minimum Gasteiger partial charge on any atom is -0.379 e. The van der Waals surface area contributed by atoms with Gasteiger partial charge in [0.1, 0.15) is 5.92 Å². The average molecular weight is 417 g/mol. The number of halogens is 1. The van der Waals surface area contributed by atoms with Crippen molar-refractivity contribution in [1.82, 2.24) is 0 Å². The largest absolute Gasteiger partial charge is 0.379 e. The van der Waals surface area contributed by atoms with Crippen LogP contribution >= 0.6 is 11.6 Å². The van der Waals surface area contributed by atoms with Crippen LogP contribution in [0.2, 0.25) is 5.02 Å². The summed E-state index contributed by atoms with van der Waals surface area (Å²) in [5.41, 5.74) is 2.35. The molecule has 6 nitrogen and oxygen atoms in total. The second kappa shape index (κ2) is 10.4. The summed E-state index contributed by atoms with van der Waals surface area (Å²) in [6.07, 6.45) is 0.480. The van der Waals surface area contributed by atoms with Crippen molar-refractivity contribution in [3.05, 3.63) is 59.1 Å². The summed E-state index contributed by atoms with van der Waals surface area (Å²) in [5.74, 6) is -1.18. The van der Waals surface area contributed by atoms with E-state index >= 15 is 0 Å². The quantitative estimate of drug-likeness (QED) is 0.497. The van der Waals surface area contributed by atoms with Gasteiger partial charge >= 0.3 is 0 Å². The molecule has 2 amide bonds. The number of nitrogens with one attached hydrogen (secondary N) is 1. The molecule has 1 N–H and O–H groups in total. The van der Waals surface area contributed by atoms with Crippen LogP contribution in [0.5, 0.6) is 0 Å². The molecule has 1 atom stereocenters. The van der Waals surface area contributed by atoms with E-state index in [0.717, 1.165) is 11.3 Å². The molecule has 0 bridgehead atoms. The van der Waals surface area contributed by atoms with Gasteiger partial charge < -0.3 is 19.7 Å². The molecular formula is C22H25ClN2O4. The van der Waals surface area contributed by atoms with Gasteiger partial charge in [-0.1, -0.05) is 23.7 Å². The summed E-state index contributed by atoms with van der Waals surface area (Å²) in [4.78, 5) is 27.0. The van der Waals surface area contributed by atoms with Gasteiger partial charge in [-0.3, -0.25) is 9.59 Å². The molecule has 0 aliphatic carbocycles. The Kier molecular flexibility index (Phi) is 7.63. The van der Waals surface area contributed by atoms with Gasteiger partial charge in [0.05, 0.1) is 19.8 Å². The lowest BCUT2D eigenvalue weighted by molar-refractivity contribution is -0.129. The van der Waals surface area contributed by atoms with Crippen LogP contribution in [0.25, 0.3) is 0 Å². The monoisotopic (exact) mass is 416 g/mol. The SMILES string of the molecule is CCOCCOCc1cccc(NC(=O)C2CCN(c3ccc(Cl)cc3)C2=O)c1. The average Bonchev–Trinajstić information content (AvgIpc) is 3.10. The third kappa shape index (κ3) is 5.79. The van der Waals surface area contributed by atoms with E-state index in [1.807, 2.05) is 25.1 Å². The topological polar surface area (TPSA) is 67.9 Å². The van der Waals surface area contributed by atoms with E-state index in [4.69, 9.17) is 21.1 Å². The molecule has 2 aromatic rings. The van der Waals surface area contributed by atoms with E-state index in [1.165, 1.54) is 0 Å². The van der Waals surface area contributed by atoms with Crippen LogP contribution in [0, 0.1) is 5.92 Å². The minimum atomic E-state index is -0.697. The number of hydrogen-bond donors (Lipinski definition) is 1. The molecule has 1 heterocycles. The van der Waals surface area contributed by atoms with E-state index in [0.29, 0.717) is 50.1 Å². The molecule has 1 aliphatic heterocycles. The number of anilines is 2. The van der Waals surface area contributed by atoms with Crippen LogP contribution in [0.15, 0.2) is 48.5 Å². The summed E-state index contributed by atoms with van der Waals surface area (Å²) in [5, 5.41) is 3.47. The Hall–Kier alpha value is -2.41. The minimum absolute atomic E-state index is 0.194. The van der Waals surface area contributed by atoms with Crippen molar-refractivity contribution in [2.45, 2.75) is 20.0 Å². The molecule has 2 aromatic carbocycles. The number of ether oxygens (including phenoxy) is 2. The fourth-order valence-corrected chi connectivity index (χ4v) is 3.35. The number of nitrogens with zero attached hydrogens (tertiary/aromatic N) is 1. The predicted molar refractivity (Wildman–Crippen MR) is 113 cm³/mol. The lowest BCUT2D eigenvalue weighted by Crippen LogP contribution is -2.33. The zero-order valence-corrected chi connectivity index (χ0v) is 17.2. The molecule has 1 fully saturated rings. The normalized spacial score (nSPS) is 16.3. The maximum atomic E-state index is 12.7. The molecule has 1 unspecified atom stereocenters. The summed E-state index contributed by atoms with van der Waals surface area (Å²) >= 11 is 5.91. The Labute approximate surface area is 175 Å². The van der Waals surface area contributed by atoms with Crippen molar-refractivity contribution < 1.29 is 19.1 Å². The van der Waals surface area contributed by atoms with Crippen molar-refractivity contribution in [2.75, 3.05) is 36.6 Å². The fourth-order valence-electron chi connectivity index (χ4n) is 3.22. The Bertz CT molecular complexity index is 841. The van der Waals surface area contributed by atoms with Gasteiger partial charge in [-0.2, -0.15) is 0 Å². The highest BCUT2D eigenvalue weighted by Crippen LogP contribution is 2.27. The number of rotatable bonds is 9. The van der Waals surface area contributed by atoms with Gasteiger partial charge in [-0.05, 0) is 55.3 Å². The van der Waals surface area contributed by atoms with E-state index in [9.17, 15) is 9.59 Å². The first-order valence-corrected chi connectivity index (χ1v) is 10.1. The number of carbonyl (C=O) groups is 2. The summed E-state index contributed by atoms with van der Waals surface area (Å²) in [6.45, 7) is 4.62. The highest BCUT2D eigenvalue weighted by Gasteiger charge is 2.37. The standard InChI is InChI=1S/C22H25ClN2O4/c1-2-28-12-13-29-15-16-4-3-5-18(14-16)24-21(26)20-10-11-25(22(20)27)19-8-6-17(23)7-9-19/h3-9,14,20H,2,10-13,15H2,1H3,(H,24,26). The molecule has 7 heteroatoms. The Morgan fingerprint density at radius 3 is 2.69 bits per heavy atom. The zero-order chi connectivity index (χ0) is 20.6. The van der Waals surface area contributed by atoms with Crippen LogP contribution < -0.4 is 10.2 Å². The molecular weight excluding hydrogens is 392 g/mol. The predicted octanol–water partition coefficient (Wildman–Crippen LogP) is 3.88. The molecule has 1 saturated heterocycles. The number of benzene rings is 2. The number of carbonyl (C=O) groups excluding carboxylic acids is 2. The highest BCUT2D eigenvalue weighted by atomic mass is 35.5. The maximum absolute atomic E-state index is 12.7. The Morgan fingerprint density at radius 1 is 1.17 bits per heavy atom. The van der Waals surface area contributed by atoms with E-state index in [1.54, 1.807) is 35.2 Å². The molecule has 3 rings (SSSR count). The second-order valence-corrected chi connectivity index (χ2v) is 7.18. The zero-order valence-electron chi connectivity index (χ0n) is 16.4. The highest BCUT2D eigenvalue weighted by molar-refractivity contribution is 6.30. The molecule has 154 valence electrons. The fraction of sp³-hybridized carbons (Fsp3) is 0.364. The van der Waals surface area contributed by atoms with Crippen molar-refractivity contribution in [1.29, 1.82) is 0 Å². The first-order chi connectivity index (χ1) is 14.1. The van der Waals surface area contributed by atoms with Crippen molar-refractivity contribution in [3.63, 3.8) is 0 Å². The summed E-state index contributed by atoms with van der Waals surface area (Å²) in [7, 11) is 0. The van der Waals surface area contributed by atoms with Gasteiger partial charge in [-0.15, -0.1) is 0 Å². The molecule has 29 heavy (non-hydrogen) atoms. The van der Waals surface area contributed by atoms with Gasteiger partial charge in [0.2, 0.25) is 11.8 Å². The van der Waals surface area contributed by atoms with Crippen LogP contribution in [0.3, 0.4) is 0 Å². The van der Waals surface area contributed by atoms with Crippen molar-refractivity contribution in [3.8, 4) is 0 Å².